The molecule has 0 aliphatic heterocycles. The lowest BCUT2D eigenvalue weighted by Crippen LogP contribution is -2.19. The monoisotopic (exact) mass is 557 g/mol. The summed E-state index contributed by atoms with van der Waals surface area (Å²) >= 11 is 12.6. The summed E-state index contributed by atoms with van der Waals surface area (Å²) in [5, 5.41) is 5.79. The number of carbonyl (C=O) groups excluding carboxylic acids is 2. The number of benzene rings is 4. The predicted octanol–water partition coefficient (Wildman–Crippen LogP) is 7.13. The van der Waals surface area contributed by atoms with Gasteiger partial charge >= 0.3 is 5.97 Å². The molecule has 9 heteroatoms. The third-order valence-electron chi connectivity index (χ3n) is 5.94. The quantitative estimate of drug-likeness (QED) is 0.0962. The largest absolute Gasteiger partial charge is 0.493 e. The van der Waals surface area contributed by atoms with Crippen molar-refractivity contribution in [2.45, 2.75) is 0 Å². The van der Waals surface area contributed by atoms with E-state index >= 15 is 0 Å². The highest BCUT2D eigenvalue weighted by Crippen LogP contribution is 2.36. The number of fused-ring (bicyclic) bond motifs is 1. The second kappa shape index (κ2) is 11.4. The summed E-state index contributed by atoms with van der Waals surface area (Å²) in [4.78, 5) is 28.9. The third-order valence-corrected chi connectivity index (χ3v) is 6.60. The van der Waals surface area contributed by atoms with Crippen LogP contribution in [0.25, 0.3) is 22.0 Å². The predicted molar refractivity (Wildman–Crippen MR) is 153 cm³/mol. The van der Waals surface area contributed by atoms with Gasteiger partial charge in [0.2, 0.25) is 0 Å². The first-order valence-corrected chi connectivity index (χ1v) is 12.6. The zero-order valence-electron chi connectivity index (χ0n) is 20.6. The van der Waals surface area contributed by atoms with Gasteiger partial charge in [0.25, 0.3) is 5.91 Å². The number of aromatic nitrogens is 1. The van der Waals surface area contributed by atoms with Crippen LogP contribution in [0.5, 0.6) is 11.5 Å². The summed E-state index contributed by atoms with van der Waals surface area (Å²) < 4.78 is 10.9. The lowest BCUT2D eigenvalue weighted by Gasteiger charge is -2.10. The number of nitrogens with zero attached hydrogens (tertiary/aromatic N) is 1. The molecule has 194 valence electrons. The van der Waals surface area contributed by atoms with Crippen LogP contribution in [0.1, 0.15) is 26.4 Å². The lowest BCUT2D eigenvalue weighted by atomic mass is 10.0. The molecule has 1 aromatic heterocycles. The number of para-hydroxylation sites is 1. The van der Waals surface area contributed by atoms with E-state index in [9.17, 15) is 9.59 Å². The minimum atomic E-state index is -0.611. The van der Waals surface area contributed by atoms with Gasteiger partial charge in [0.15, 0.2) is 11.5 Å². The molecule has 0 saturated heterocycles. The number of H-pyrrole nitrogens is 1. The van der Waals surface area contributed by atoms with Gasteiger partial charge in [0.1, 0.15) is 5.69 Å². The Hall–Kier alpha value is -4.59. The van der Waals surface area contributed by atoms with E-state index in [-0.39, 0.29) is 16.3 Å². The number of nitrogens with one attached hydrogen (secondary N) is 2. The molecule has 0 fully saturated rings. The minimum Gasteiger partial charge on any atom is -0.493 e. The molecule has 1 amide bonds. The Bertz CT molecular complexity index is 1730. The average molecular weight is 558 g/mol. The number of carbonyl (C=O) groups is 2. The normalized spacial score (nSPS) is 11.1. The highest BCUT2D eigenvalue weighted by molar-refractivity contribution is 6.34. The second-order valence-electron chi connectivity index (χ2n) is 8.38. The van der Waals surface area contributed by atoms with Crippen molar-refractivity contribution < 1.29 is 19.1 Å². The Morgan fingerprint density at radius 2 is 1.59 bits per heavy atom. The number of amides is 1. The van der Waals surface area contributed by atoms with E-state index in [0.29, 0.717) is 27.6 Å². The molecule has 2 N–H and O–H groups in total. The summed E-state index contributed by atoms with van der Waals surface area (Å²) in [5.74, 6) is -0.525. The van der Waals surface area contributed by atoms with Gasteiger partial charge in [-0.25, -0.2) is 10.2 Å². The number of aromatic amines is 1. The number of esters is 1. The van der Waals surface area contributed by atoms with Crippen LogP contribution in [-0.2, 0) is 0 Å². The van der Waals surface area contributed by atoms with Crippen molar-refractivity contribution in [1.29, 1.82) is 0 Å². The molecule has 0 spiro atoms. The second-order valence-corrected chi connectivity index (χ2v) is 9.19. The first-order valence-electron chi connectivity index (χ1n) is 11.8. The molecule has 1 heterocycles. The van der Waals surface area contributed by atoms with Crippen molar-refractivity contribution in [3.05, 3.63) is 118 Å². The number of hydrogen-bond acceptors (Lipinski definition) is 5. The van der Waals surface area contributed by atoms with Gasteiger partial charge in [-0.15, -0.1) is 0 Å². The fourth-order valence-corrected chi connectivity index (χ4v) is 4.55. The number of rotatable bonds is 7. The van der Waals surface area contributed by atoms with Gasteiger partial charge in [0, 0.05) is 27.1 Å². The molecule has 0 radical (unpaired) electrons. The van der Waals surface area contributed by atoms with Gasteiger partial charge in [-0.1, -0.05) is 71.7 Å². The molecule has 0 atom stereocenters. The molecule has 0 aliphatic carbocycles. The van der Waals surface area contributed by atoms with Gasteiger partial charge < -0.3 is 14.5 Å². The molecule has 5 aromatic rings. The fraction of sp³-hybridized carbons (Fsp3) is 0.0333. The first kappa shape index (κ1) is 26.0. The number of halogens is 2. The average Bonchev–Trinajstić information content (AvgIpc) is 3.34. The Morgan fingerprint density at radius 3 is 2.36 bits per heavy atom. The Morgan fingerprint density at radius 1 is 0.872 bits per heavy atom. The van der Waals surface area contributed by atoms with E-state index in [1.807, 2.05) is 42.5 Å². The molecule has 4 aromatic carbocycles. The highest BCUT2D eigenvalue weighted by atomic mass is 35.5. The molecule has 0 unspecified atom stereocenters. The maximum atomic E-state index is 13.2. The smallest absolute Gasteiger partial charge is 0.345 e. The van der Waals surface area contributed by atoms with Crippen LogP contribution in [0.2, 0.25) is 10.0 Å². The fourth-order valence-electron chi connectivity index (χ4n) is 4.11. The Kier molecular flexibility index (Phi) is 7.63. The van der Waals surface area contributed by atoms with Crippen LogP contribution in [0, 0.1) is 0 Å². The standard InChI is InChI=1S/C30H21Cl2N3O4/c1-38-26-16-18(14-15-25(26)39-30(37)20-9-3-6-12-23(20)32)17-33-35-29(36)28-27(19-8-2-5-11-22(19)31)21-10-4-7-13-24(21)34-28/h2-17,34H,1H3,(H,35,36). The Labute approximate surface area is 234 Å². The minimum absolute atomic E-state index is 0.214. The molecule has 7 nitrogen and oxygen atoms in total. The van der Waals surface area contributed by atoms with Crippen LogP contribution in [0.4, 0.5) is 0 Å². The molecule has 0 saturated carbocycles. The van der Waals surface area contributed by atoms with Crippen LogP contribution in [0.15, 0.2) is 96.1 Å². The molecule has 5 rings (SSSR count). The van der Waals surface area contributed by atoms with Gasteiger partial charge in [-0.05, 0) is 48.0 Å². The molecule has 39 heavy (non-hydrogen) atoms. The van der Waals surface area contributed by atoms with Crippen molar-refractivity contribution in [2.75, 3.05) is 7.11 Å². The SMILES string of the molecule is COc1cc(C=NNC(=O)c2[nH]c3ccccc3c2-c2ccccc2Cl)ccc1OC(=O)c1ccccc1Cl. The van der Waals surface area contributed by atoms with E-state index in [2.05, 4.69) is 15.5 Å². The molecular formula is C30H21Cl2N3O4. The number of ether oxygens (including phenoxy) is 2. The zero-order chi connectivity index (χ0) is 27.4. The van der Waals surface area contributed by atoms with E-state index in [0.717, 1.165) is 16.5 Å². The molecular weight excluding hydrogens is 537 g/mol. The van der Waals surface area contributed by atoms with E-state index in [1.54, 1.807) is 48.5 Å². The van der Waals surface area contributed by atoms with Gasteiger partial charge in [-0.3, -0.25) is 4.79 Å². The number of hydrogen-bond donors (Lipinski definition) is 2. The maximum Gasteiger partial charge on any atom is 0.345 e. The topological polar surface area (TPSA) is 92.8 Å². The van der Waals surface area contributed by atoms with E-state index < -0.39 is 11.9 Å². The van der Waals surface area contributed by atoms with Crippen LogP contribution in [0.3, 0.4) is 0 Å². The first-order chi connectivity index (χ1) is 19.0. The lowest BCUT2D eigenvalue weighted by molar-refractivity contribution is 0.0729. The summed E-state index contributed by atoms with van der Waals surface area (Å²) in [6.45, 7) is 0. The number of hydrazone groups is 1. The van der Waals surface area contributed by atoms with Crippen molar-refractivity contribution in [3.8, 4) is 22.6 Å². The van der Waals surface area contributed by atoms with Gasteiger partial charge in [-0.2, -0.15) is 5.10 Å². The number of methoxy groups -OCH3 is 1. The van der Waals surface area contributed by atoms with E-state index in [1.165, 1.54) is 13.3 Å². The molecule has 0 aliphatic rings. The molecule has 0 bridgehead atoms. The third kappa shape index (κ3) is 5.50. The highest BCUT2D eigenvalue weighted by Gasteiger charge is 2.20. The van der Waals surface area contributed by atoms with Crippen LogP contribution >= 0.6 is 23.2 Å². The van der Waals surface area contributed by atoms with Crippen LogP contribution in [-0.4, -0.2) is 30.2 Å². The summed E-state index contributed by atoms with van der Waals surface area (Å²) in [7, 11) is 1.46. The van der Waals surface area contributed by atoms with Crippen molar-refractivity contribution >= 4 is 52.2 Å². The maximum absolute atomic E-state index is 13.2. The Balaban J connectivity index is 1.36. The van der Waals surface area contributed by atoms with E-state index in [4.69, 9.17) is 32.7 Å². The summed E-state index contributed by atoms with van der Waals surface area (Å²) in [6.07, 6.45) is 1.46. The van der Waals surface area contributed by atoms with Crippen LogP contribution < -0.4 is 14.9 Å². The van der Waals surface area contributed by atoms with Gasteiger partial charge in [0.05, 0.1) is 23.9 Å². The van der Waals surface area contributed by atoms with Crippen molar-refractivity contribution in [1.82, 2.24) is 10.4 Å². The van der Waals surface area contributed by atoms with Crippen molar-refractivity contribution in [2.24, 2.45) is 5.10 Å². The zero-order valence-corrected chi connectivity index (χ0v) is 22.1. The summed E-state index contributed by atoms with van der Waals surface area (Å²) in [5.41, 5.74) is 5.97. The summed E-state index contributed by atoms with van der Waals surface area (Å²) in [6, 6.07) is 26.4. The van der Waals surface area contributed by atoms with Crippen molar-refractivity contribution in [3.63, 3.8) is 0 Å².